The number of sulfonamides is 1. The zero-order chi connectivity index (χ0) is 14.2. The van der Waals surface area contributed by atoms with Gasteiger partial charge in [-0.3, -0.25) is 0 Å². The van der Waals surface area contributed by atoms with E-state index in [0.717, 1.165) is 17.2 Å². The van der Waals surface area contributed by atoms with E-state index in [4.69, 9.17) is 0 Å². The summed E-state index contributed by atoms with van der Waals surface area (Å²) in [6.45, 7) is 3.08. The quantitative estimate of drug-likeness (QED) is 0.796. The van der Waals surface area contributed by atoms with E-state index in [2.05, 4.69) is 0 Å². The van der Waals surface area contributed by atoms with Crippen LogP contribution in [0, 0.1) is 0 Å². The Balaban J connectivity index is 2.10. The molecule has 0 saturated carbocycles. The van der Waals surface area contributed by atoms with Crippen LogP contribution in [0.15, 0.2) is 59.0 Å². The van der Waals surface area contributed by atoms with Gasteiger partial charge in [-0.25, -0.2) is 8.42 Å². The highest BCUT2D eigenvalue weighted by Crippen LogP contribution is 2.27. The second-order valence-corrected chi connectivity index (χ2v) is 7.05. The molecule has 1 aliphatic heterocycles. The maximum absolute atomic E-state index is 12.8. The Morgan fingerprint density at radius 2 is 1.80 bits per heavy atom. The summed E-state index contributed by atoms with van der Waals surface area (Å²) >= 11 is 0. The average molecular weight is 287 g/mol. The van der Waals surface area contributed by atoms with Gasteiger partial charge >= 0.3 is 0 Å². The van der Waals surface area contributed by atoms with Crippen molar-refractivity contribution in [2.24, 2.45) is 0 Å². The predicted octanol–water partition coefficient (Wildman–Crippen LogP) is 3.18. The second kappa shape index (κ2) is 5.04. The maximum atomic E-state index is 12.8. The zero-order valence-electron chi connectivity index (χ0n) is 11.4. The van der Waals surface area contributed by atoms with Crippen molar-refractivity contribution in [2.75, 3.05) is 13.1 Å². The van der Waals surface area contributed by atoms with Crippen molar-refractivity contribution in [2.45, 2.75) is 18.2 Å². The van der Waals surface area contributed by atoms with Crippen LogP contribution < -0.4 is 0 Å². The molecule has 1 heterocycles. The van der Waals surface area contributed by atoms with Crippen molar-refractivity contribution < 1.29 is 8.42 Å². The fourth-order valence-corrected chi connectivity index (χ4v) is 4.13. The van der Waals surface area contributed by atoms with Gasteiger partial charge in [0.15, 0.2) is 0 Å². The van der Waals surface area contributed by atoms with Crippen molar-refractivity contribution in [3.63, 3.8) is 0 Å². The topological polar surface area (TPSA) is 37.4 Å². The van der Waals surface area contributed by atoms with Crippen LogP contribution >= 0.6 is 0 Å². The van der Waals surface area contributed by atoms with Crippen LogP contribution in [0.3, 0.4) is 0 Å². The Hall–Kier alpha value is -1.65. The molecular weight excluding hydrogens is 270 g/mol. The Labute approximate surface area is 119 Å². The molecule has 0 fully saturated rings. The first kappa shape index (κ1) is 13.3. The lowest BCUT2D eigenvalue weighted by Gasteiger charge is -2.25. The van der Waals surface area contributed by atoms with Crippen LogP contribution in [0.4, 0.5) is 0 Å². The van der Waals surface area contributed by atoms with Crippen molar-refractivity contribution in [1.29, 1.82) is 0 Å². The van der Waals surface area contributed by atoms with Gasteiger partial charge in [-0.1, -0.05) is 48.0 Å². The van der Waals surface area contributed by atoms with E-state index in [1.807, 2.05) is 43.3 Å². The summed E-state index contributed by atoms with van der Waals surface area (Å²) in [5, 5.41) is 1.75. The highest BCUT2D eigenvalue weighted by molar-refractivity contribution is 7.89. The summed E-state index contributed by atoms with van der Waals surface area (Å²) in [6.07, 6.45) is 2.80. The first-order valence-electron chi connectivity index (χ1n) is 6.72. The highest BCUT2D eigenvalue weighted by Gasteiger charge is 2.26. The lowest BCUT2D eigenvalue weighted by Crippen LogP contribution is -2.34. The largest absolute Gasteiger partial charge is 0.243 e. The van der Waals surface area contributed by atoms with E-state index in [9.17, 15) is 8.42 Å². The molecule has 0 bridgehead atoms. The number of hydrogen-bond donors (Lipinski definition) is 0. The predicted molar refractivity (Wildman–Crippen MR) is 81.1 cm³/mol. The number of hydrogen-bond acceptors (Lipinski definition) is 2. The Bertz CT molecular complexity index is 773. The van der Waals surface area contributed by atoms with Gasteiger partial charge in [-0.2, -0.15) is 4.31 Å². The van der Waals surface area contributed by atoms with E-state index in [-0.39, 0.29) is 0 Å². The lowest BCUT2D eigenvalue weighted by atomic mass is 10.1. The maximum Gasteiger partial charge on any atom is 0.243 e. The standard InChI is InChI=1S/C16H17NO2S/c1-13-9-11-17(12-10-13)20(18,19)16-8-4-6-14-5-2-3-7-15(14)16/h2-9H,10-12H2,1H3. The molecule has 0 unspecified atom stereocenters. The number of nitrogens with zero attached hydrogens (tertiary/aromatic N) is 1. The smallest absolute Gasteiger partial charge is 0.207 e. The van der Waals surface area contributed by atoms with Crippen LogP contribution in [0.2, 0.25) is 0 Å². The van der Waals surface area contributed by atoms with Gasteiger partial charge in [0.1, 0.15) is 0 Å². The summed E-state index contributed by atoms with van der Waals surface area (Å²) in [7, 11) is -3.42. The third kappa shape index (κ3) is 2.25. The van der Waals surface area contributed by atoms with E-state index >= 15 is 0 Å². The number of fused-ring (bicyclic) bond motifs is 1. The fraction of sp³-hybridized carbons (Fsp3) is 0.250. The van der Waals surface area contributed by atoms with Gasteiger partial charge < -0.3 is 0 Å². The second-order valence-electron chi connectivity index (χ2n) is 5.14. The molecule has 20 heavy (non-hydrogen) atoms. The van der Waals surface area contributed by atoms with Crippen LogP contribution in [0.1, 0.15) is 13.3 Å². The minimum Gasteiger partial charge on any atom is -0.207 e. The molecule has 2 aromatic rings. The SMILES string of the molecule is CC1=CCN(S(=O)(=O)c2cccc3ccccc23)CC1. The van der Waals surface area contributed by atoms with Gasteiger partial charge in [0.2, 0.25) is 10.0 Å². The first-order chi connectivity index (χ1) is 9.59. The molecule has 1 aliphatic rings. The van der Waals surface area contributed by atoms with E-state index in [1.54, 1.807) is 16.4 Å². The molecule has 0 N–H and O–H groups in total. The molecule has 4 heteroatoms. The van der Waals surface area contributed by atoms with Crippen LogP contribution in [-0.4, -0.2) is 25.8 Å². The molecule has 104 valence electrons. The molecule has 0 radical (unpaired) electrons. The summed E-state index contributed by atoms with van der Waals surface area (Å²) in [6, 6.07) is 13.0. The van der Waals surface area contributed by atoms with Crippen molar-refractivity contribution in [1.82, 2.24) is 4.31 Å². The number of rotatable bonds is 2. The van der Waals surface area contributed by atoms with Gasteiger partial charge in [-0.15, -0.1) is 0 Å². The zero-order valence-corrected chi connectivity index (χ0v) is 12.2. The van der Waals surface area contributed by atoms with Crippen LogP contribution in [0.5, 0.6) is 0 Å². The summed E-state index contributed by atoms with van der Waals surface area (Å²) in [5.41, 5.74) is 1.26. The van der Waals surface area contributed by atoms with E-state index in [1.165, 1.54) is 5.57 Å². The van der Waals surface area contributed by atoms with Gasteiger partial charge in [0, 0.05) is 18.5 Å². The lowest BCUT2D eigenvalue weighted by molar-refractivity contribution is 0.432. The molecule has 3 nitrogen and oxygen atoms in total. The van der Waals surface area contributed by atoms with Gasteiger partial charge in [0.25, 0.3) is 0 Å². The molecule has 0 aromatic heterocycles. The normalized spacial score (nSPS) is 17.1. The number of benzene rings is 2. The van der Waals surface area contributed by atoms with E-state index < -0.39 is 10.0 Å². The molecule has 0 spiro atoms. The Morgan fingerprint density at radius 3 is 2.55 bits per heavy atom. The van der Waals surface area contributed by atoms with Crippen molar-refractivity contribution in [3.8, 4) is 0 Å². The van der Waals surface area contributed by atoms with Crippen molar-refractivity contribution in [3.05, 3.63) is 54.1 Å². The van der Waals surface area contributed by atoms with Crippen molar-refractivity contribution >= 4 is 20.8 Å². The summed E-state index contributed by atoms with van der Waals surface area (Å²) < 4.78 is 27.2. The first-order valence-corrected chi connectivity index (χ1v) is 8.16. The molecule has 0 saturated heterocycles. The van der Waals surface area contributed by atoms with Gasteiger partial charge in [-0.05, 0) is 24.8 Å². The Kier molecular flexibility index (Phi) is 3.36. The minimum absolute atomic E-state index is 0.406. The molecule has 0 aliphatic carbocycles. The van der Waals surface area contributed by atoms with E-state index in [0.29, 0.717) is 18.0 Å². The molecular formula is C16H17NO2S. The fourth-order valence-electron chi connectivity index (χ4n) is 2.53. The Morgan fingerprint density at radius 1 is 1.05 bits per heavy atom. The van der Waals surface area contributed by atoms with Crippen LogP contribution in [0.25, 0.3) is 10.8 Å². The molecule has 0 atom stereocenters. The minimum atomic E-state index is -3.42. The monoisotopic (exact) mass is 287 g/mol. The third-order valence-corrected chi connectivity index (χ3v) is 5.69. The molecule has 3 rings (SSSR count). The molecule has 2 aromatic carbocycles. The van der Waals surface area contributed by atoms with Gasteiger partial charge in [0.05, 0.1) is 4.90 Å². The summed E-state index contributed by atoms with van der Waals surface area (Å²) in [4.78, 5) is 0.406. The van der Waals surface area contributed by atoms with Crippen LogP contribution in [-0.2, 0) is 10.0 Å². The molecule has 0 amide bonds. The average Bonchev–Trinajstić information content (AvgIpc) is 2.47. The summed E-state index contributed by atoms with van der Waals surface area (Å²) in [5.74, 6) is 0. The third-order valence-electron chi connectivity index (χ3n) is 3.77. The highest BCUT2D eigenvalue weighted by atomic mass is 32.2.